The maximum atomic E-state index is 12.5. The highest BCUT2D eigenvalue weighted by molar-refractivity contribution is 5.96. The van der Waals surface area contributed by atoms with Crippen LogP contribution in [-0.4, -0.2) is 65.3 Å². The lowest BCUT2D eigenvalue weighted by molar-refractivity contribution is -0.121. The Morgan fingerprint density at radius 3 is 2.48 bits per heavy atom. The van der Waals surface area contributed by atoms with Gasteiger partial charge in [-0.25, -0.2) is 0 Å². The van der Waals surface area contributed by atoms with Gasteiger partial charge in [-0.1, -0.05) is 20.8 Å². The first-order valence-electron chi connectivity index (χ1n) is 11.2. The first kappa shape index (κ1) is 25.1. The number of nitrogens with one attached hydrogen (secondary N) is 2. The smallest absolute Gasteiger partial charge is 0.251 e. The Kier molecular flexibility index (Phi) is 8.49. The summed E-state index contributed by atoms with van der Waals surface area (Å²) in [5.41, 5.74) is 0.791. The van der Waals surface area contributed by atoms with Gasteiger partial charge in [0.2, 0.25) is 5.91 Å². The maximum absolute atomic E-state index is 12.5. The molecule has 0 radical (unpaired) electrons. The third-order valence-electron chi connectivity index (χ3n) is 6.36. The molecule has 1 aliphatic carbocycles. The summed E-state index contributed by atoms with van der Waals surface area (Å²) in [6, 6.07) is 5.44. The van der Waals surface area contributed by atoms with Gasteiger partial charge < -0.3 is 25.7 Å². The molecule has 1 fully saturated rings. The van der Waals surface area contributed by atoms with E-state index < -0.39 is 0 Å². The highest BCUT2D eigenvalue weighted by Crippen LogP contribution is 2.31. The zero-order valence-corrected chi connectivity index (χ0v) is 19.7. The van der Waals surface area contributed by atoms with Gasteiger partial charge in [-0.2, -0.15) is 0 Å². The number of phenolic OH excluding ortho intramolecular Hbond substituents is 1. The summed E-state index contributed by atoms with van der Waals surface area (Å²) in [5.74, 6) is -0.315. The zero-order valence-electron chi connectivity index (χ0n) is 19.7. The Morgan fingerprint density at radius 2 is 1.90 bits per heavy atom. The van der Waals surface area contributed by atoms with Gasteiger partial charge in [0.25, 0.3) is 5.91 Å². The molecule has 2 amide bonds. The number of aliphatic hydroxyl groups excluding tert-OH is 1. The van der Waals surface area contributed by atoms with E-state index in [1.807, 2.05) is 20.8 Å². The standard InChI is InChI=1S/C24H39N3O4/c1-15(2)27(6)20-9-8-18(11-17(20)14-28)26-22(30)13-25-23(31)16-7-10-21(29)19(12-16)24(3,4)5/h7,10,12,15,17-18,20,28-29H,8-9,11,13-14H2,1-6H3,(H,25,31)(H,26,30)/t17-,18+,20-/m1/s1. The van der Waals surface area contributed by atoms with E-state index >= 15 is 0 Å². The van der Waals surface area contributed by atoms with Crippen molar-refractivity contribution in [1.29, 1.82) is 0 Å². The molecule has 0 aromatic heterocycles. The number of hydrogen-bond acceptors (Lipinski definition) is 5. The number of carbonyl (C=O) groups excluding carboxylic acids is 2. The number of amides is 2. The number of aromatic hydroxyl groups is 1. The van der Waals surface area contributed by atoms with Crippen LogP contribution in [0.3, 0.4) is 0 Å². The summed E-state index contributed by atoms with van der Waals surface area (Å²) in [5, 5.41) is 25.6. The highest BCUT2D eigenvalue weighted by atomic mass is 16.3. The second kappa shape index (κ2) is 10.5. The minimum absolute atomic E-state index is 0.000435. The molecule has 0 saturated heterocycles. The minimum Gasteiger partial charge on any atom is -0.508 e. The fourth-order valence-electron chi connectivity index (χ4n) is 4.31. The molecule has 0 unspecified atom stereocenters. The van der Waals surface area contributed by atoms with Gasteiger partial charge in [0.1, 0.15) is 5.75 Å². The van der Waals surface area contributed by atoms with Gasteiger partial charge in [0, 0.05) is 35.9 Å². The van der Waals surface area contributed by atoms with Crippen molar-refractivity contribution in [1.82, 2.24) is 15.5 Å². The predicted octanol–water partition coefficient (Wildman–Crippen LogP) is 2.41. The lowest BCUT2D eigenvalue weighted by Crippen LogP contribution is -2.51. The van der Waals surface area contributed by atoms with Crippen molar-refractivity contribution >= 4 is 11.8 Å². The molecule has 4 N–H and O–H groups in total. The van der Waals surface area contributed by atoms with Crippen LogP contribution in [0.2, 0.25) is 0 Å². The first-order chi connectivity index (χ1) is 14.4. The normalized spacial score (nSPS) is 21.9. The van der Waals surface area contributed by atoms with Gasteiger partial charge in [0.05, 0.1) is 6.54 Å². The van der Waals surface area contributed by atoms with Crippen LogP contribution in [0.5, 0.6) is 5.75 Å². The van der Waals surface area contributed by atoms with E-state index in [4.69, 9.17) is 0 Å². The summed E-state index contributed by atoms with van der Waals surface area (Å²) in [7, 11) is 2.08. The molecular formula is C24H39N3O4. The number of carbonyl (C=O) groups is 2. The Labute approximate surface area is 186 Å². The van der Waals surface area contributed by atoms with Crippen LogP contribution in [-0.2, 0) is 10.2 Å². The van der Waals surface area contributed by atoms with Crippen molar-refractivity contribution < 1.29 is 19.8 Å². The lowest BCUT2D eigenvalue weighted by atomic mass is 9.81. The van der Waals surface area contributed by atoms with Crippen molar-refractivity contribution in [2.24, 2.45) is 5.92 Å². The molecule has 2 rings (SSSR count). The van der Waals surface area contributed by atoms with Crippen molar-refractivity contribution in [2.75, 3.05) is 20.2 Å². The molecule has 1 aromatic carbocycles. The molecule has 174 valence electrons. The quantitative estimate of drug-likeness (QED) is 0.529. The van der Waals surface area contributed by atoms with Crippen LogP contribution in [0, 0.1) is 5.92 Å². The summed E-state index contributed by atoms with van der Waals surface area (Å²) in [4.78, 5) is 27.2. The van der Waals surface area contributed by atoms with Crippen LogP contribution < -0.4 is 10.6 Å². The molecule has 0 heterocycles. The number of phenols is 1. The van der Waals surface area contributed by atoms with E-state index in [1.165, 1.54) is 6.07 Å². The Balaban J connectivity index is 1.89. The topological polar surface area (TPSA) is 102 Å². The van der Waals surface area contributed by atoms with E-state index in [0.29, 0.717) is 23.2 Å². The first-order valence-corrected chi connectivity index (χ1v) is 11.2. The van der Waals surface area contributed by atoms with Crippen LogP contribution >= 0.6 is 0 Å². The molecule has 1 aliphatic rings. The SMILES string of the molecule is CC(C)N(C)[C@@H]1CC[C@H](NC(=O)CNC(=O)c2ccc(O)c(C(C)(C)C)c2)C[C@@H]1CO. The average Bonchev–Trinajstić information content (AvgIpc) is 2.70. The van der Waals surface area contributed by atoms with Gasteiger partial charge in [0.15, 0.2) is 0 Å². The minimum atomic E-state index is -0.351. The van der Waals surface area contributed by atoms with Gasteiger partial charge >= 0.3 is 0 Å². The van der Waals surface area contributed by atoms with Crippen molar-refractivity contribution in [3.05, 3.63) is 29.3 Å². The average molecular weight is 434 g/mol. The third kappa shape index (κ3) is 6.68. The van der Waals surface area contributed by atoms with E-state index in [-0.39, 0.29) is 48.1 Å². The van der Waals surface area contributed by atoms with E-state index in [9.17, 15) is 19.8 Å². The summed E-state index contributed by atoms with van der Waals surface area (Å²) >= 11 is 0. The fourth-order valence-corrected chi connectivity index (χ4v) is 4.31. The van der Waals surface area contributed by atoms with Crippen molar-refractivity contribution in [3.63, 3.8) is 0 Å². The predicted molar refractivity (Wildman–Crippen MR) is 122 cm³/mol. The number of hydrogen-bond donors (Lipinski definition) is 4. The van der Waals surface area contributed by atoms with Crippen LogP contribution in [0.4, 0.5) is 0 Å². The molecule has 31 heavy (non-hydrogen) atoms. The molecule has 1 saturated carbocycles. The number of benzene rings is 1. The Bertz CT molecular complexity index is 773. The Hall–Kier alpha value is -2.12. The Morgan fingerprint density at radius 1 is 1.23 bits per heavy atom. The van der Waals surface area contributed by atoms with Crippen LogP contribution in [0.25, 0.3) is 0 Å². The number of nitrogens with zero attached hydrogens (tertiary/aromatic N) is 1. The lowest BCUT2D eigenvalue weighted by Gasteiger charge is -2.42. The van der Waals surface area contributed by atoms with Crippen LogP contribution in [0.15, 0.2) is 18.2 Å². The summed E-state index contributed by atoms with van der Waals surface area (Å²) in [6.07, 6.45) is 2.50. The summed E-state index contributed by atoms with van der Waals surface area (Å²) in [6.45, 7) is 10.2. The van der Waals surface area contributed by atoms with Crippen molar-refractivity contribution in [2.45, 2.75) is 77.4 Å². The molecule has 0 aliphatic heterocycles. The van der Waals surface area contributed by atoms with Crippen molar-refractivity contribution in [3.8, 4) is 5.75 Å². The fraction of sp³-hybridized carbons (Fsp3) is 0.667. The zero-order chi connectivity index (χ0) is 23.3. The number of aliphatic hydroxyl groups is 1. The largest absolute Gasteiger partial charge is 0.508 e. The van der Waals surface area contributed by atoms with E-state index in [0.717, 1.165) is 19.3 Å². The molecule has 0 spiro atoms. The molecule has 1 aromatic rings. The second-order valence-corrected chi connectivity index (χ2v) is 10.0. The monoisotopic (exact) mass is 433 g/mol. The van der Waals surface area contributed by atoms with Gasteiger partial charge in [-0.3, -0.25) is 9.59 Å². The summed E-state index contributed by atoms with van der Waals surface area (Å²) < 4.78 is 0. The molecule has 3 atom stereocenters. The number of rotatable bonds is 7. The van der Waals surface area contributed by atoms with Gasteiger partial charge in [-0.05, 0) is 69.7 Å². The molecule has 0 bridgehead atoms. The molecule has 7 nitrogen and oxygen atoms in total. The molecular weight excluding hydrogens is 394 g/mol. The molecule has 7 heteroatoms. The third-order valence-corrected chi connectivity index (χ3v) is 6.36. The highest BCUT2D eigenvalue weighted by Gasteiger charge is 2.33. The van der Waals surface area contributed by atoms with E-state index in [1.54, 1.807) is 12.1 Å². The van der Waals surface area contributed by atoms with Crippen LogP contribution in [0.1, 0.15) is 69.8 Å². The second-order valence-electron chi connectivity index (χ2n) is 10.0. The van der Waals surface area contributed by atoms with Gasteiger partial charge in [-0.15, -0.1) is 0 Å². The maximum Gasteiger partial charge on any atom is 0.251 e. The van der Waals surface area contributed by atoms with E-state index in [2.05, 4.69) is 36.4 Å².